The lowest BCUT2D eigenvalue weighted by Gasteiger charge is -2.37. The van der Waals surface area contributed by atoms with Crippen molar-refractivity contribution in [2.45, 2.75) is 38.3 Å². The number of ether oxygens (including phenoxy) is 3. The first-order chi connectivity index (χ1) is 14.4. The van der Waals surface area contributed by atoms with Gasteiger partial charge in [0.1, 0.15) is 0 Å². The van der Waals surface area contributed by atoms with Crippen molar-refractivity contribution >= 4 is 11.6 Å². The highest BCUT2D eigenvalue weighted by Gasteiger charge is 2.50. The minimum atomic E-state index is -0.695. The molecule has 1 aliphatic carbocycles. The third kappa shape index (κ3) is 3.16. The third-order valence-corrected chi connectivity index (χ3v) is 6.30. The van der Waals surface area contributed by atoms with Crippen molar-refractivity contribution in [1.82, 2.24) is 5.01 Å². The van der Waals surface area contributed by atoms with E-state index in [0.29, 0.717) is 11.5 Å². The summed E-state index contributed by atoms with van der Waals surface area (Å²) in [5.41, 5.74) is 3.49. The molecule has 2 atom stereocenters. The highest BCUT2D eigenvalue weighted by molar-refractivity contribution is 6.08. The van der Waals surface area contributed by atoms with E-state index in [9.17, 15) is 4.79 Å². The minimum absolute atomic E-state index is 0.139. The van der Waals surface area contributed by atoms with Gasteiger partial charge in [0, 0.05) is 18.6 Å². The van der Waals surface area contributed by atoms with Crippen LogP contribution in [0, 0.1) is 5.92 Å². The molecule has 6 nitrogen and oxygen atoms in total. The number of hydrogen-bond acceptors (Lipinski definition) is 5. The molecule has 30 heavy (non-hydrogen) atoms. The van der Waals surface area contributed by atoms with Crippen LogP contribution >= 0.6 is 0 Å². The lowest BCUT2D eigenvalue weighted by molar-refractivity contribution is -0.148. The van der Waals surface area contributed by atoms with Crippen LogP contribution in [0.15, 0.2) is 47.6 Å². The van der Waals surface area contributed by atoms with Gasteiger partial charge in [-0.3, -0.25) is 4.79 Å². The summed E-state index contributed by atoms with van der Waals surface area (Å²) < 4.78 is 16.6. The monoisotopic (exact) mass is 408 g/mol. The Kier molecular flexibility index (Phi) is 5.28. The van der Waals surface area contributed by atoms with Crippen LogP contribution in [0.25, 0.3) is 0 Å². The maximum Gasteiger partial charge on any atom is 0.276 e. The van der Waals surface area contributed by atoms with Gasteiger partial charge >= 0.3 is 0 Å². The Balaban J connectivity index is 1.75. The van der Waals surface area contributed by atoms with Gasteiger partial charge in [-0.05, 0) is 49.9 Å². The van der Waals surface area contributed by atoms with Crippen LogP contribution in [0.5, 0.6) is 11.5 Å². The lowest BCUT2D eigenvalue weighted by atomic mass is 9.73. The number of benzene rings is 2. The number of rotatable bonds is 5. The lowest BCUT2D eigenvalue weighted by Crippen LogP contribution is -2.48. The van der Waals surface area contributed by atoms with Crippen LogP contribution in [-0.4, -0.2) is 43.5 Å². The number of carbonyl (C=O) groups excluding carboxylic acids is 1. The number of methoxy groups -OCH3 is 3. The van der Waals surface area contributed by atoms with Gasteiger partial charge in [-0.2, -0.15) is 5.10 Å². The van der Waals surface area contributed by atoms with Gasteiger partial charge < -0.3 is 14.2 Å². The fourth-order valence-corrected chi connectivity index (χ4v) is 4.64. The molecule has 158 valence electrons. The molecule has 1 heterocycles. The molecule has 0 saturated heterocycles. The normalized spacial score (nSPS) is 20.1. The summed E-state index contributed by atoms with van der Waals surface area (Å²) in [5.74, 6) is 1.36. The van der Waals surface area contributed by atoms with Crippen molar-refractivity contribution in [2.24, 2.45) is 11.0 Å². The fourth-order valence-electron chi connectivity index (χ4n) is 4.64. The maximum atomic E-state index is 13.5. The summed E-state index contributed by atoms with van der Waals surface area (Å²) in [5, 5.41) is 6.48. The summed E-state index contributed by atoms with van der Waals surface area (Å²) in [6, 6.07) is 13.6. The van der Waals surface area contributed by atoms with E-state index in [0.717, 1.165) is 29.7 Å². The second kappa shape index (κ2) is 7.76. The number of nitrogens with zero attached hydrogens (tertiary/aromatic N) is 2. The average Bonchev–Trinajstić information content (AvgIpc) is 3.04. The fraction of sp³-hybridized carbons (Fsp3) is 0.417. The summed E-state index contributed by atoms with van der Waals surface area (Å²) in [7, 11) is 4.83. The van der Waals surface area contributed by atoms with Gasteiger partial charge in [-0.15, -0.1) is 0 Å². The zero-order chi connectivity index (χ0) is 21.5. The molecule has 2 aromatic carbocycles. The van der Waals surface area contributed by atoms with Crippen molar-refractivity contribution in [1.29, 1.82) is 0 Å². The molecule has 0 spiro atoms. The smallest absolute Gasteiger partial charge is 0.276 e. The van der Waals surface area contributed by atoms with Gasteiger partial charge in [0.05, 0.1) is 25.5 Å². The minimum Gasteiger partial charge on any atom is -0.493 e. The van der Waals surface area contributed by atoms with Crippen LogP contribution in [0.2, 0.25) is 0 Å². The molecule has 0 saturated carbocycles. The van der Waals surface area contributed by atoms with Crippen LogP contribution in [-0.2, 0) is 16.0 Å². The molecule has 4 rings (SSSR count). The number of hydrazone groups is 1. The van der Waals surface area contributed by atoms with E-state index in [1.807, 2.05) is 42.5 Å². The zero-order valence-electron chi connectivity index (χ0n) is 18.1. The summed E-state index contributed by atoms with van der Waals surface area (Å²) in [6.07, 6.45) is 1.12. The number of fused-ring (bicyclic) bond motifs is 3. The first-order valence-corrected chi connectivity index (χ1v) is 10.2. The molecular weight excluding hydrogens is 380 g/mol. The van der Waals surface area contributed by atoms with Crippen molar-refractivity contribution in [3.63, 3.8) is 0 Å². The zero-order valence-corrected chi connectivity index (χ0v) is 18.1. The molecule has 0 fully saturated rings. The second-order valence-electron chi connectivity index (χ2n) is 8.27. The van der Waals surface area contributed by atoms with E-state index >= 15 is 0 Å². The summed E-state index contributed by atoms with van der Waals surface area (Å²) in [4.78, 5) is 13.5. The van der Waals surface area contributed by atoms with E-state index in [-0.39, 0.29) is 11.8 Å². The predicted molar refractivity (Wildman–Crippen MR) is 115 cm³/mol. The predicted octanol–water partition coefficient (Wildman–Crippen LogP) is 3.98. The molecule has 1 amide bonds. The van der Waals surface area contributed by atoms with Gasteiger partial charge in [0.15, 0.2) is 17.6 Å². The van der Waals surface area contributed by atoms with Crippen molar-refractivity contribution < 1.29 is 19.0 Å². The highest BCUT2D eigenvalue weighted by Crippen LogP contribution is 2.45. The molecule has 2 unspecified atom stereocenters. The summed E-state index contributed by atoms with van der Waals surface area (Å²) in [6.45, 7) is 4.16. The van der Waals surface area contributed by atoms with Gasteiger partial charge in [-0.1, -0.05) is 30.3 Å². The Morgan fingerprint density at radius 3 is 2.40 bits per heavy atom. The summed E-state index contributed by atoms with van der Waals surface area (Å²) >= 11 is 0. The number of aryl methyl sites for hydroxylation is 1. The molecule has 0 radical (unpaired) electrons. The molecule has 2 aromatic rings. The molecule has 2 aliphatic rings. The van der Waals surface area contributed by atoms with Crippen molar-refractivity contribution in [2.75, 3.05) is 21.3 Å². The van der Waals surface area contributed by atoms with E-state index in [4.69, 9.17) is 19.3 Å². The molecular formula is C24H28N2O4. The van der Waals surface area contributed by atoms with E-state index in [1.165, 1.54) is 5.56 Å². The molecule has 0 bridgehead atoms. The third-order valence-electron chi connectivity index (χ3n) is 6.30. The Bertz CT molecular complexity index is 984. The number of carbonyl (C=O) groups is 1. The van der Waals surface area contributed by atoms with Gasteiger partial charge in [-0.25, -0.2) is 5.01 Å². The van der Waals surface area contributed by atoms with E-state index < -0.39 is 11.6 Å². The van der Waals surface area contributed by atoms with Crippen molar-refractivity contribution in [3.05, 3.63) is 59.2 Å². The first-order valence-electron chi connectivity index (χ1n) is 10.2. The Morgan fingerprint density at radius 2 is 1.77 bits per heavy atom. The SMILES string of the molecule is COc1cc2c(cc1OC)C1=NN(C(=O)C(OC)c3ccccc3)C(C)(C)C1CC2. The molecule has 0 N–H and O–H groups in total. The van der Waals surface area contributed by atoms with E-state index in [1.54, 1.807) is 26.3 Å². The molecule has 1 aliphatic heterocycles. The molecule has 0 aromatic heterocycles. The van der Waals surface area contributed by atoms with Crippen LogP contribution in [0.3, 0.4) is 0 Å². The van der Waals surface area contributed by atoms with E-state index in [2.05, 4.69) is 13.8 Å². The second-order valence-corrected chi connectivity index (χ2v) is 8.27. The van der Waals surface area contributed by atoms with Crippen molar-refractivity contribution in [3.8, 4) is 11.5 Å². The first kappa shape index (κ1) is 20.4. The van der Waals surface area contributed by atoms with Gasteiger partial charge in [0.2, 0.25) is 0 Å². The molecule has 6 heteroatoms. The van der Waals surface area contributed by atoms with Crippen LogP contribution < -0.4 is 9.47 Å². The maximum absolute atomic E-state index is 13.5. The highest BCUT2D eigenvalue weighted by atomic mass is 16.5. The Morgan fingerprint density at radius 1 is 1.10 bits per heavy atom. The van der Waals surface area contributed by atoms with Crippen LogP contribution in [0.1, 0.15) is 43.1 Å². The Hall–Kier alpha value is -2.86. The number of amides is 1. The van der Waals surface area contributed by atoms with Gasteiger partial charge in [0.25, 0.3) is 5.91 Å². The Labute approximate surface area is 177 Å². The quantitative estimate of drug-likeness (QED) is 0.751. The van der Waals surface area contributed by atoms with Crippen LogP contribution in [0.4, 0.5) is 0 Å². The topological polar surface area (TPSA) is 60.4 Å². The number of hydrogen-bond donors (Lipinski definition) is 0. The average molecular weight is 408 g/mol. The largest absolute Gasteiger partial charge is 0.493 e. The standard InChI is InChI=1S/C24H28N2O4/c1-24(2)18-12-11-16-13-19(28-3)20(29-4)14-17(16)21(18)25-26(24)23(27)22(30-5)15-9-7-6-8-10-15/h6-10,13-14,18,22H,11-12H2,1-5H3.